The predicted octanol–water partition coefficient (Wildman–Crippen LogP) is 3.88. The SMILES string of the molecule is CC1=C(C#N)c2[nH+]c(N)c(C#N)c(C)c2C1=Cc1ccc(Br)cc1. The number of nitrogen functional groups attached to an aromatic ring is 1. The zero-order valence-corrected chi connectivity index (χ0v) is 14.8. The fourth-order valence-electron chi connectivity index (χ4n) is 3.00. The van der Waals surface area contributed by atoms with Gasteiger partial charge in [0.15, 0.2) is 5.69 Å². The van der Waals surface area contributed by atoms with Gasteiger partial charge in [-0.2, -0.15) is 10.5 Å². The van der Waals surface area contributed by atoms with E-state index in [-0.39, 0.29) is 0 Å². The smallest absolute Gasteiger partial charge is 0.286 e. The lowest BCUT2D eigenvalue weighted by atomic mass is 9.95. The number of fused-ring (bicyclic) bond motifs is 1. The van der Waals surface area contributed by atoms with Gasteiger partial charge in [-0.3, -0.25) is 5.73 Å². The van der Waals surface area contributed by atoms with Gasteiger partial charge < -0.3 is 0 Å². The molecule has 0 atom stereocenters. The van der Waals surface area contributed by atoms with Crippen molar-refractivity contribution in [2.45, 2.75) is 13.8 Å². The number of nitrogens with two attached hydrogens (primary N) is 1. The summed E-state index contributed by atoms with van der Waals surface area (Å²) in [4.78, 5) is 3.03. The average Bonchev–Trinajstić information content (AvgIpc) is 2.81. The summed E-state index contributed by atoms with van der Waals surface area (Å²) in [5, 5.41) is 18.9. The molecule has 0 saturated carbocycles. The maximum absolute atomic E-state index is 9.54. The number of allylic oxidation sites excluding steroid dienone is 3. The van der Waals surface area contributed by atoms with Crippen LogP contribution in [-0.4, -0.2) is 0 Å². The minimum Gasteiger partial charge on any atom is -0.286 e. The second-order valence-electron chi connectivity index (χ2n) is 5.62. The van der Waals surface area contributed by atoms with Crippen molar-refractivity contribution in [3.63, 3.8) is 0 Å². The summed E-state index contributed by atoms with van der Waals surface area (Å²) in [6, 6.07) is 12.3. The van der Waals surface area contributed by atoms with Crippen LogP contribution < -0.4 is 10.7 Å². The number of nitriles is 2. The quantitative estimate of drug-likeness (QED) is 0.817. The Morgan fingerprint density at radius 3 is 2.38 bits per heavy atom. The number of aromatic amines is 1. The highest BCUT2D eigenvalue weighted by molar-refractivity contribution is 9.10. The van der Waals surface area contributed by atoms with E-state index in [1.807, 2.05) is 44.2 Å². The highest BCUT2D eigenvalue weighted by atomic mass is 79.9. The first kappa shape index (κ1) is 16.0. The van der Waals surface area contributed by atoms with Gasteiger partial charge in [0, 0.05) is 10.0 Å². The second kappa shape index (κ2) is 5.96. The molecule has 0 bridgehead atoms. The summed E-state index contributed by atoms with van der Waals surface area (Å²) in [5.74, 6) is 0.291. The summed E-state index contributed by atoms with van der Waals surface area (Å²) in [7, 11) is 0. The van der Waals surface area contributed by atoms with Gasteiger partial charge in [-0.1, -0.05) is 28.1 Å². The molecule has 4 nitrogen and oxygen atoms in total. The number of aromatic nitrogens is 1. The number of pyridine rings is 1. The van der Waals surface area contributed by atoms with Gasteiger partial charge in [-0.15, -0.1) is 0 Å². The molecular formula is C19H14BrN4+. The molecule has 1 aliphatic carbocycles. The molecule has 24 heavy (non-hydrogen) atoms. The molecule has 0 spiro atoms. The summed E-state index contributed by atoms with van der Waals surface area (Å²) >= 11 is 3.43. The van der Waals surface area contributed by atoms with Crippen molar-refractivity contribution in [3.05, 3.63) is 62.3 Å². The van der Waals surface area contributed by atoms with Crippen LogP contribution in [0.5, 0.6) is 0 Å². The van der Waals surface area contributed by atoms with Crippen molar-refractivity contribution >= 4 is 39.0 Å². The van der Waals surface area contributed by atoms with Crippen LogP contribution in [0.25, 0.3) is 17.2 Å². The highest BCUT2D eigenvalue weighted by Crippen LogP contribution is 2.42. The van der Waals surface area contributed by atoms with Crippen LogP contribution in [0.3, 0.4) is 0 Å². The van der Waals surface area contributed by atoms with E-state index in [1.165, 1.54) is 0 Å². The predicted molar refractivity (Wildman–Crippen MR) is 97.1 cm³/mol. The molecule has 1 aromatic carbocycles. The van der Waals surface area contributed by atoms with E-state index in [4.69, 9.17) is 5.73 Å². The Balaban J connectivity index is 2.31. The van der Waals surface area contributed by atoms with E-state index in [1.54, 1.807) is 0 Å². The van der Waals surface area contributed by atoms with Gasteiger partial charge >= 0.3 is 0 Å². The van der Waals surface area contributed by atoms with Gasteiger partial charge in [0.2, 0.25) is 0 Å². The standard InChI is InChI=1S/C19H13BrN4/c1-10-14(7-12-3-5-13(20)6-4-12)17-11(2)16(9-22)19(23)24-18(17)15(10)8-21/h3-7H,1-2H3,(H2,23,24)/p+1. The van der Waals surface area contributed by atoms with Gasteiger partial charge in [-0.05, 0) is 54.3 Å². The monoisotopic (exact) mass is 377 g/mol. The van der Waals surface area contributed by atoms with Gasteiger partial charge in [0.05, 0.1) is 0 Å². The van der Waals surface area contributed by atoms with Crippen LogP contribution in [0.15, 0.2) is 34.3 Å². The third kappa shape index (κ3) is 2.40. The Hall–Kier alpha value is -2.89. The summed E-state index contributed by atoms with van der Waals surface area (Å²) < 4.78 is 1.01. The first-order valence-electron chi connectivity index (χ1n) is 7.32. The fraction of sp³-hybridized carbons (Fsp3) is 0.105. The van der Waals surface area contributed by atoms with Gasteiger partial charge in [0.1, 0.15) is 23.3 Å². The Bertz CT molecular complexity index is 1000. The van der Waals surface area contributed by atoms with Crippen molar-refractivity contribution in [3.8, 4) is 12.1 Å². The molecular weight excluding hydrogens is 364 g/mol. The number of halogens is 1. The molecule has 0 aliphatic heterocycles. The molecule has 0 unspecified atom stereocenters. The molecule has 0 amide bonds. The number of hydrogen-bond acceptors (Lipinski definition) is 3. The van der Waals surface area contributed by atoms with E-state index in [9.17, 15) is 10.5 Å². The number of hydrogen-bond donors (Lipinski definition) is 1. The molecule has 0 saturated heterocycles. The lowest BCUT2D eigenvalue weighted by Gasteiger charge is -2.08. The minimum atomic E-state index is 0.291. The van der Waals surface area contributed by atoms with Crippen LogP contribution in [0.4, 0.5) is 5.82 Å². The van der Waals surface area contributed by atoms with E-state index < -0.39 is 0 Å². The molecule has 2 aromatic rings. The number of nitrogens with one attached hydrogen (secondary N) is 1. The Kier molecular flexibility index (Phi) is 3.97. The molecule has 0 radical (unpaired) electrons. The van der Waals surface area contributed by atoms with Crippen LogP contribution in [0.1, 0.15) is 34.9 Å². The zero-order chi connectivity index (χ0) is 17.4. The molecule has 1 aromatic heterocycles. The van der Waals surface area contributed by atoms with Crippen molar-refractivity contribution in [2.24, 2.45) is 0 Å². The van der Waals surface area contributed by atoms with Crippen LogP contribution in [0, 0.1) is 29.6 Å². The lowest BCUT2D eigenvalue weighted by molar-refractivity contribution is -0.364. The minimum absolute atomic E-state index is 0.291. The first-order chi connectivity index (χ1) is 11.5. The van der Waals surface area contributed by atoms with Crippen LogP contribution in [0.2, 0.25) is 0 Å². The summed E-state index contributed by atoms with van der Waals surface area (Å²) in [5.41, 5.74) is 12.1. The first-order valence-corrected chi connectivity index (χ1v) is 8.12. The molecule has 1 heterocycles. The van der Waals surface area contributed by atoms with Gasteiger partial charge in [0.25, 0.3) is 5.82 Å². The van der Waals surface area contributed by atoms with E-state index >= 15 is 0 Å². The van der Waals surface area contributed by atoms with E-state index in [0.717, 1.165) is 32.3 Å². The molecule has 1 aliphatic rings. The number of benzene rings is 1. The molecule has 0 fully saturated rings. The number of H-pyrrole nitrogens is 1. The number of rotatable bonds is 1. The lowest BCUT2D eigenvalue weighted by Crippen LogP contribution is -2.20. The fourth-order valence-corrected chi connectivity index (χ4v) is 3.26. The van der Waals surface area contributed by atoms with Crippen molar-refractivity contribution in [1.29, 1.82) is 10.5 Å². The van der Waals surface area contributed by atoms with Crippen molar-refractivity contribution in [2.75, 3.05) is 5.73 Å². The normalized spacial score (nSPS) is 14.5. The second-order valence-corrected chi connectivity index (χ2v) is 6.54. The third-order valence-electron chi connectivity index (χ3n) is 4.23. The van der Waals surface area contributed by atoms with E-state index in [0.29, 0.717) is 22.6 Å². The zero-order valence-electron chi connectivity index (χ0n) is 13.2. The Labute approximate surface area is 148 Å². The maximum Gasteiger partial charge on any atom is 0.289 e. The molecule has 3 rings (SSSR count). The number of anilines is 1. The molecule has 116 valence electrons. The summed E-state index contributed by atoms with van der Waals surface area (Å²) in [6.07, 6.45) is 2.03. The Morgan fingerprint density at radius 1 is 1.12 bits per heavy atom. The molecule has 3 N–H and O–H groups in total. The largest absolute Gasteiger partial charge is 0.289 e. The Morgan fingerprint density at radius 2 is 1.79 bits per heavy atom. The number of nitrogens with zero attached hydrogens (tertiary/aromatic N) is 2. The summed E-state index contributed by atoms with van der Waals surface area (Å²) in [6.45, 7) is 3.78. The van der Waals surface area contributed by atoms with Crippen LogP contribution >= 0.6 is 15.9 Å². The van der Waals surface area contributed by atoms with Crippen molar-refractivity contribution < 1.29 is 4.98 Å². The molecule has 5 heteroatoms. The third-order valence-corrected chi connectivity index (χ3v) is 4.76. The van der Waals surface area contributed by atoms with Crippen molar-refractivity contribution in [1.82, 2.24) is 0 Å². The maximum atomic E-state index is 9.54. The van der Waals surface area contributed by atoms with Gasteiger partial charge in [-0.25, -0.2) is 4.98 Å². The van der Waals surface area contributed by atoms with Crippen LogP contribution in [-0.2, 0) is 0 Å². The van der Waals surface area contributed by atoms with E-state index in [2.05, 4.69) is 33.1 Å². The highest BCUT2D eigenvalue weighted by Gasteiger charge is 2.32. The topological polar surface area (TPSA) is 87.7 Å². The average molecular weight is 378 g/mol.